The lowest BCUT2D eigenvalue weighted by Crippen LogP contribution is -2.35. The molecule has 9 nitrogen and oxygen atoms in total. The Balaban J connectivity index is 2.11. The molecular formula is C13H11N2O7+. The summed E-state index contributed by atoms with van der Waals surface area (Å²) < 4.78 is 5.71. The number of aliphatic carboxylic acids is 1. The molecule has 0 aliphatic carbocycles. The van der Waals surface area contributed by atoms with Crippen molar-refractivity contribution in [1.29, 1.82) is 0 Å². The van der Waals surface area contributed by atoms with Crippen LogP contribution in [-0.4, -0.2) is 37.8 Å². The number of carbonyl (C=O) groups excluding carboxylic acids is 1. The van der Waals surface area contributed by atoms with Crippen LogP contribution in [0.1, 0.15) is 12.0 Å². The summed E-state index contributed by atoms with van der Waals surface area (Å²) in [5.74, 6) is -2.89. The Hall–Kier alpha value is -3.23. The molecule has 2 N–H and O–H groups in total. The van der Waals surface area contributed by atoms with E-state index < -0.39 is 28.4 Å². The van der Waals surface area contributed by atoms with E-state index >= 15 is 0 Å². The average molecular weight is 307 g/mol. The molecule has 0 fully saturated rings. The lowest BCUT2D eigenvalue weighted by atomic mass is 10.2. The molecule has 0 radical (unpaired) electrons. The fraction of sp³-hybridized carbons (Fsp3) is 0.154. The molecule has 1 aliphatic rings. The van der Waals surface area contributed by atoms with Gasteiger partial charge >= 0.3 is 23.5 Å². The summed E-state index contributed by atoms with van der Waals surface area (Å²) in [5.41, 5.74) is -0.283. The first-order chi connectivity index (χ1) is 10.4. The highest BCUT2D eigenvalue weighted by molar-refractivity contribution is 5.97. The molecule has 2 rings (SSSR count). The first-order valence-corrected chi connectivity index (χ1v) is 6.08. The van der Waals surface area contributed by atoms with Gasteiger partial charge in [-0.1, -0.05) is 0 Å². The number of ether oxygens (including phenoxy) is 1. The molecule has 0 saturated carbocycles. The van der Waals surface area contributed by atoms with E-state index in [1.807, 2.05) is 0 Å². The third-order valence-electron chi connectivity index (χ3n) is 2.89. The van der Waals surface area contributed by atoms with E-state index in [4.69, 9.17) is 9.84 Å². The number of nitro groups is 1. The van der Waals surface area contributed by atoms with Gasteiger partial charge in [0.05, 0.1) is 4.92 Å². The Bertz CT molecular complexity index is 704. The van der Waals surface area contributed by atoms with E-state index in [-0.39, 0.29) is 18.7 Å². The summed E-state index contributed by atoms with van der Waals surface area (Å²) in [6.45, 7) is -0.206. The van der Waals surface area contributed by atoms with Crippen LogP contribution in [0.4, 0.5) is 5.69 Å². The van der Waals surface area contributed by atoms with Gasteiger partial charge in [0, 0.05) is 12.1 Å². The van der Waals surface area contributed by atoms with Crippen LogP contribution in [0, 0.1) is 10.1 Å². The zero-order valence-corrected chi connectivity index (χ0v) is 11.1. The van der Waals surface area contributed by atoms with Gasteiger partial charge in [-0.15, -0.1) is 4.58 Å². The molecule has 114 valence electrons. The molecule has 0 aromatic heterocycles. The van der Waals surface area contributed by atoms with Gasteiger partial charge in [-0.05, 0) is 17.7 Å². The van der Waals surface area contributed by atoms with Crippen molar-refractivity contribution in [3.8, 4) is 0 Å². The van der Waals surface area contributed by atoms with Crippen LogP contribution >= 0.6 is 0 Å². The lowest BCUT2D eigenvalue weighted by Gasteiger charge is -2.09. The zero-order chi connectivity index (χ0) is 16.3. The molecule has 0 atom stereocenters. The first kappa shape index (κ1) is 15.2. The lowest BCUT2D eigenvalue weighted by molar-refractivity contribution is -0.415. The van der Waals surface area contributed by atoms with Crippen LogP contribution in [0.5, 0.6) is 0 Å². The standard InChI is InChI=1S/C13H10N2O7/c16-10-5-6-14(10)11(12(17)18)13(19)22-7-8-1-3-9(4-2-8)15(20)21/h1-4,6H,5,7H2,(H-,17,18,19)/p+1/b13-11+. The molecule has 0 saturated heterocycles. The number of carboxylic acid groups (broad SMARTS) is 1. The van der Waals surface area contributed by atoms with Crippen molar-refractivity contribution < 1.29 is 34.0 Å². The van der Waals surface area contributed by atoms with E-state index in [0.29, 0.717) is 5.56 Å². The number of rotatable bonds is 6. The fourth-order valence-electron chi connectivity index (χ4n) is 1.70. The van der Waals surface area contributed by atoms with Gasteiger partial charge in [0.15, 0.2) is 12.6 Å². The minimum Gasteiger partial charge on any atom is -0.476 e. The van der Waals surface area contributed by atoms with Gasteiger partial charge in [-0.3, -0.25) is 10.1 Å². The second-order valence-corrected chi connectivity index (χ2v) is 4.32. The minimum atomic E-state index is -1.51. The maximum absolute atomic E-state index is 11.2. The number of hydrogen-bond acceptors (Lipinski definition) is 6. The predicted molar refractivity (Wildman–Crippen MR) is 71.1 cm³/mol. The molecule has 1 aromatic rings. The Morgan fingerprint density at radius 1 is 1.32 bits per heavy atom. The van der Waals surface area contributed by atoms with Crippen LogP contribution < -0.4 is 0 Å². The Labute approximate surface area is 123 Å². The van der Waals surface area contributed by atoms with Crippen molar-refractivity contribution in [2.24, 2.45) is 0 Å². The predicted octanol–water partition coefficient (Wildman–Crippen LogP) is 0.937. The topological polar surface area (TPSA) is 130 Å². The fourth-order valence-corrected chi connectivity index (χ4v) is 1.70. The van der Waals surface area contributed by atoms with Gasteiger partial charge in [-0.2, -0.15) is 0 Å². The van der Waals surface area contributed by atoms with Gasteiger partial charge in [0.2, 0.25) is 0 Å². The van der Waals surface area contributed by atoms with Crippen molar-refractivity contribution in [3.63, 3.8) is 0 Å². The van der Waals surface area contributed by atoms with E-state index in [9.17, 15) is 24.8 Å². The molecule has 22 heavy (non-hydrogen) atoms. The van der Waals surface area contributed by atoms with Crippen molar-refractivity contribution in [1.82, 2.24) is 0 Å². The van der Waals surface area contributed by atoms with Gasteiger partial charge in [-0.25, -0.2) is 9.59 Å². The number of aliphatic hydroxyl groups excluding tert-OH is 1. The second-order valence-electron chi connectivity index (χ2n) is 4.32. The summed E-state index contributed by atoms with van der Waals surface area (Å²) in [7, 11) is 0. The summed E-state index contributed by atoms with van der Waals surface area (Å²) >= 11 is 0. The number of carboxylic acids is 1. The largest absolute Gasteiger partial charge is 0.476 e. The maximum atomic E-state index is 11.2. The highest BCUT2D eigenvalue weighted by atomic mass is 16.6. The van der Waals surface area contributed by atoms with E-state index in [1.165, 1.54) is 30.5 Å². The van der Waals surface area contributed by atoms with Crippen LogP contribution in [0.3, 0.4) is 0 Å². The van der Waals surface area contributed by atoms with Gasteiger partial charge in [0.1, 0.15) is 6.61 Å². The quantitative estimate of drug-likeness (QED) is 0.263. The molecule has 1 heterocycles. The maximum Gasteiger partial charge on any atom is 0.409 e. The molecule has 9 heteroatoms. The molecule has 1 aromatic carbocycles. The summed E-state index contributed by atoms with van der Waals surface area (Å²) in [4.78, 5) is 32.2. The van der Waals surface area contributed by atoms with Crippen LogP contribution in [0.25, 0.3) is 0 Å². The number of benzene rings is 1. The number of amides is 1. The van der Waals surface area contributed by atoms with Crippen LogP contribution in [0.15, 0.2) is 35.9 Å². The normalized spacial score (nSPS) is 14.5. The van der Waals surface area contributed by atoms with Crippen molar-refractivity contribution in [2.75, 3.05) is 0 Å². The first-order valence-electron chi connectivity index (χ1n) is 6.08. The van der Waals surface area contributed by atoms with E-state index in [1.54, 1.807) is 0 Å². The number of hydrogen-bond donors (Lipinski definition) is 2. The molecular weight excluding hydrogens is 296 g/mol. The van der Waals surface area contributed by atoms with E-state index in [0.717, 1.165) is 4.58 Å². The highest BCUT2D eigenvalue weighted by Crippen LogP contribution is 2.16. The van der Waals surface area contributed by atoms with Crippen molar-refractivity contribution in [2.45, 2.75) is 13.0 Å². The Kier molecular flexibility index (Phi) is 4.16. The monoisotopic (exact) mass is 307 g/mol. The summed E-state index contributed by atoms with van der Waals surface area (Å²) in [6.07, 6.45) is 1.39. The number of non-ortho nitro benzene ring substituents is 1. The van der Waals surface area contributed by atoms with Crippen molar-refractivity contribution in [3.05, 3.63) is 51.6 Å². The van der Waals surface area contributed by atoms with E-state index in [2.05, 4.69) is 0 Å². The number of nitrogens with zero attached hydrogens (tertiary/aromatic N) is 2. The molecule has 0 bridgehead atoms. The number of carbonyl (C=O) groups is 2. The summed E-state index contributed by atoms with van der Waals surface area (Å²) in [6, 6.07) is 5.33. The van der Waals surface area contributed by atoms with Gasteiger partial charge in [0.25, 0.3) is 5.69 Å². The molecule has 1 amide bonds. The zero-order valence-electron chi connectivity index (χ0n) is 11.1. The number of aliphatic hydroxyl groups is 1. The Morgan fingerprint density at radius 3 is 2.36 bits per heavy atom. The summed E-state index contributed by atoms with van der Waals surface area (Å²) in [5, 5.41) is 29.2. The minimum absolute atomic E-state index is 0.0897. The molecule has 1 aliphatic heterocycles. The highest BCUT2D eigenvalue weighted by Gasteiger charge is 2.40. The third-order valence-corrected chi connectivity index (χ3v) is 2.89. The smallest absolute Gasteiger partial charge is 0.409 e. The Morgan fingerprint density at radius 2 is 1.95 bits per heavy atom. The van der Waals surface area contributed by atoms with Gasteiger partial charge < -0.3 is 14.9 Å². The third kappa shape index (κ3) is 3.08. The van der Waals surface area contributed by atoms with Crippen LogP contribution in [0.2, 0.25) is 0 Å². The van der Waals surface area contributed by atoms with Crippen molar-refractivity contribution >= 4 is 23.8 Å². The second kappa shape index (κ2) is 6.04. The molecule has 0 spiro atoms. The van der Waals surface area contributed by atoms with Crippen LogP contribution in [-0.2, 0) is 20.9 Å². The average Bonchev–Trinajstić information content (AvgIpc) is 2.48. The SMILES string of the molecule is O=C(O)/C(=C(/O)OCc1ccc([N+](=O)[O-])cc1)[N+]1=CCC1=O. The number of nitro benzene ring substituents is 1. The molecule has 0 unspecified atom stereocenters.